The molecule has 112 valence electrons. The van der Waals surface area contributed by atoms with Crippen molar-refractivity contribution in [1.29, 1.82) is 0 Å². The number of hydrogen-bond donors (Lipinski definition) is 1. The molecule has 2 aliphatic heterocycles. The van der Waals surface area contributed by atoms with E-state index in [0.717, 1.165) is 12.8 Å². The van der Waals surface area contributed by atoms with E-state index in [1.165, 1.54) is 0 Å². The summed E-state index contributed by atoms with van der Waals surface area (Å²) in [6.45, 7) is 4.36. The fourth-order valence-electron chi connectivity index (χ4n) is 2.93. The van der Waals surface area contributed by atoms with Crippen LogP contribution in [0.25, 0.3) is 0 Å². The Balaban J connectivity index is 1.85. The zero-order chi connectivity index (χ0) is 15.0. The van der Waals surface area contributed by atoms with Crippen molar-refractivity contribution in [3.63, 3.8) is 0 Å². The van der Waals surface area contributed by atoms with Gasteiger partial charge in [-0.15, -0.1) is 0 Å². The molecule has 0 aromatic heterocycles. The van der Waals surface area contributed by atoms with E-state index in [9.17, 15) is 9.59 Å². The maximum Gasteiger partial charge on any atom is 0.265 e. The highest BCUT2D eigenvalue weighted by Crippen LogP contribution is 2.33. The van der Waals surface area contributed by atoms with Crippen molar-refractivity contribution in [3.05, 3.63) is 23.8 Å². The molecule has 2 aliphatic rings. The van der Waals surface area contributed by atoms with Crippen LogP contribution < -0.4 is 10.1 Å². The van der Waals surface area contributed by atoms with E-state index in [0.29, 0.717) is 23.6 Å². The van der Waals surface area contributed by atoms with Crippen LogP contribution in [0.1, 0.15) is 37.0 Å². The number of anilines is 1. The van der Waals surface area contributed by atoms with Crippen molar-refractivity contribution in [2.75, 3.05) is 11.9 Å². The second-order valence-electron chi connectivity index (χ2n) is 5.54. The molecule has 21 heavy (non-hydrogen) atoms. The zero-order valence-corrected chi connectivity index (χ0v) is 12.2. The summed E-state index contributed by atoms with van der Waals surface area (Å²) in [6.07, 6.45) is 1.08. The lowest BCUT2D eigenvalue weighted by Gasteiger charge is -2.24. The minimum absolute atomic E-state index is 0.000560. The van der Waals surface area contributed by atoms with E-state index in [1.54, 1.807) is 25.1 Å². The fourth-order valence-corrected chi connectivity index (χ4v) is 2.93. The number of ether oxygens (including phenoxy) is 2. The Morgan fingerprint density at radius 3 is 3.00 bits per heavy atom. The van der Waals surface area contributed by atoms with Crippen molar-refractivity contribution in [2.45, 2.75) is 38.9 Å². The molecule has 3 rings (SSSR count). The number of carbonyl (C=O) groups is 2. The Labute approximate surface area is 123 Å². The maximum absolute atomic E-state index is 12.6. The van der Waals surface area contributed by atoms with Crippen molar-refractivity contribution in [2.24, 2.45) is 5.92 Å². The fraction of sp³-hybridized carbons (Fsp3) is 0.500. The van der Waals surface area contributed by atoms with Gasteiger partial charge in [0.05, 0.1) is 17.7 Å². The van der Waals surface area contributed by atoms with Crippen LogP contribution in [0.3, 0.4) is 0 Å². The van der Waals surface area contributed by atoms with E-state index >= 15 is 0 Å². The van der Waals surface area contributed by atoms with E-state index in [1.807, 2.05) is 6.92 Å². The minimum Gasteiger partial charge on any atom is -0.479 e. The molecule has 1 amide bonds. The van der Waals surface area contributed by atoms with Gasteiger partial charge in [0.15, 0.2) is 11.9 Å². The molecule has 0 saturated carbocycles. The Kier molecular flexibility index (Phi) is 3.68. The zero-order valence-electron chi connectivity index (χ0n) is 12.2. The van der Waals surface area contributed by atoms with Crippen LogP contribution in [0.4, 0.5) is 5.69 Å². The van der Waals surface area contributed by atoms with Crippen molar-refractivity contribution in [1.82, 2.24) is 0 Å². The molecule has 1 saturated heterocycles. The maximum atomic E-state index is 12.6. The number of nitrogens with one attached hydrogen (secondary N) is 1. The number of hydrogen-bond acceptors (Lipinski definition) is 4. The molecule has 0 aliphatic carbocycles. The lowest BCUT2D eigenvalue weighted by atomic mass is 9.90. The van der Waals surface area contributed by atoms with Gasteiger partial charge in [-0.2, -0.15) is 0 Å². The van der Waals surface area contributed by atoms with Gasteiger partial charge >= 0.3 is 0 Å². The summed E-state index contributed by atoms with van der Waals surface area (Å²) in [4.78, 5) is 24.3. The highest BCUT2D eigenvalue weighted by atomic mass is 16.5. The normalized spacial score (nSPS) is 27.7. The second-order valence-corrected chi connectivity index (χ2v) is 5.54. The van der Waals surface area contributed by atoms with Gasteiger partial charge < -0.3 is 14.8 Å². The first-order valence-electron chi connectivity index (χ1n) is 7.37. The van der Waals surface area contributed by atoms with Crippen LogP contribution in [-0.2, 0) is 9.53 Å². The molecule has 1 aromatic carbocycles. The van der Waals surface area contributed by atoms with Crippen LogP contribution >= 0.6 is 0 Å². The second kappa shape index (κ2) is 5.48. The molecule has 1 fully saturated rings. The predicted octanol–water partition coefficient (Wildman–Crippen LogP) is 2.40. The van der Waals surface area contributed by atoms with Gasteiger partial charge in [0.25, 0.3) is 5.91 Å². The minimum atomic E-state index is -0.508. The lowest BCUT2D eigenvalue weighted by molar-refractivity contribution is -0.122. The van der Waals surface area contributed by atoms with Crippen molar-refractivity contribution in [3.8, 4) is 5.75 Å². The van der Waals surface area contributed by atoms with Gasteiger partial charge in [-0.25, -0.2) is 0 Å². The molecule has 5 heteroatoms. The molecule has 0 spiro atoms. The summed E-state index contributed by atoms with van der Waals surface area (Å²) in [6, 6.07) is 5.21. The van der Waals surface area contributed by atoms with Crippen LogP contribution in [0.5, 0.6) is 5.75 Å². The Morgan fingerprint density at radius 1 is 1.43 bits per heavy atom. The molecule has 2 heterocycles. The molecule has 1 N–H and O–H groups in total. The lowest BCUT2D eigenvalue weighted by Crippen LogP contribution is -2.34. The van der Waals surface area contributed by atoms with Gasteiger partial charge in [0, 0.05) is 12.2 Å². The van der Waals surface area contributed by atoms with Crippen LogP contribution in [0.2, 0.25) is 0 Å². The topological polar surface area (TPSA) is 64.6 Å². The van der Waals surface area contributed by atoms with Crippen LogP contribution in [0.15, 0.2) is 18.2 Å². The first kappa shape index (κ1) is 14.1. The average molecular weight is 289 g/mol. The SMILES string of the molecule is CCC1OCCC1C(=O)c1ccc2c(c1)NC(=O)C(C)O2. The Bertz CT molecular complexity index is 584. The van der Waals surface area contributed by atoms with E-state index in [2.05, 4.69) is 5.32 Å². The van der Waals surface area contributed by atoms with E-state index in [-0.39, 0.29) is 23.7 Å². The molecule has 3 unspecified atom stereocenters. The monoisotopic (exact) mass is 289 g/mol. The van der Waals surface area contributed by atoms with Crippen molar-refractivity contribution < 1.29 is 19.1 Å². The summed E-state index contributed by atoms with van der Waals surface area (Å²) < 4.78 is 11.1. The van der Waals surface area contributed by atoms with Crippen LogP contribution in [-0.4, -0.2) is 30.5 Å². The molecule has 0 radical (unpaired) electrons. The quantitative estimate of drug-likeness (QED) is 0.868. The molecule has 0 bridgehead atoms. The highest BCUT2D eigenvalue weighted by molar-refractivity contribution is 6.02. The third-order valence-corrected chi connectivity index (χ3v) is 4.14. The van der Waals surface area contributed by atoms with Gasteiger partial charge in [-0.1, -0.05) is 6.92 Å². The summed E-state index contributed by atoms with van der Waals surface area (Å²) in [5, 5.41) is 2.77. The molecular weight excluding hydrogens is 270 g/mol. The van der Waals surface area contributed by atoms with Gasteiger partial charge in [0.1, 0.15) is 5.75 Å². The molecule has 3 atom stereocenters. The number of ketones is 1. The Hall–Kier alpha value is -1.88. The highest BCUT2D eigenvalue weighted by Gasteiger charge is 2.34. The number of rotatable bonds is 3. The Morgan fingerprint density at radius 2 is 2.24 bits per heavy atom. The van der Waals surface area contributed by atoms with E-state index in [4.69, 9.17) is 9.47 Å². The van der Waals surface area contributed by atoms with Gasteiger partial charge in [-0.3, -0.25) is 9.59 Å². The number of Topliss-reactive ketones (excluding diaryl/α,β-unsaturated/α-hetero) is 1. The summed E-state index contributed by atoms with van der Waals surface area (Å²) in [5.41, 5.74) is 1.16. The van der Waals surface area contributed by atoms with Gasteiger partial charge in [0.2, 0.25) is 0 Å². The smallest absolute Gasteiger partial charge is 0.265 e. The largest absolute Gasteiger partial charge is 0.479 e. The standard InChI is InChI=1S/C16H19NO4/c1-3-13-11(6-7-20-13)15(18)10-4-5-14-12(8-10)17-16(19)9(2)21-14/h4-5,8-9,11,13H,3,6-7H2,1-2H3,(H,17,19). The van der Waals surface area contributed by atoms with E-state index < -0.39 is 6.10 Å². The molecule has 1 aromatic rings. The number of fused-ring (bicyclic) bond motifs is 1. The summed E-state index contributed by atoms with van der Waals surface area (Å²) >= 11 is 0. The third-order valence-electron chi connectivity index (χ3n) is 4.14. The van der Waals surface area contributed by atoms with Crippen molar-refractivity contribution >= 4 is 17.4 Å². The van der Waals surface area contributed by atoms with Crippen LogP contribution in [0, 0.1) is 5.92 Å². The van der Waals surface area contributed by atoms with Gasteiger partial charge in [-0.05, 0) is 38.0 Å². The number of benzene rings is 1. The first-order valence-corrected chi connectivity index (χ1v) is 7.37. The third kappa shape index (κ3) is 2.53. The summed E-state index contributed by atoms with van der Waals surface area (Å²) in [7, 11) is 0. The average Bonchev–Trinajstić information content (AvgIpc) is 2.95. The molecular formula is C16H19NO4. The first-order chi connectivity index (χ1) is 10.1. The summed E-state index contributed by atoms with van der Waals surface area (Å²) in [5.74, 6) is 0.401. The number of carbonyl (C=O) groups excluding carboxylic acids is 2. The molecule has 5 nitrogen and oxygen atoms in total. The number of amides is 1. The predicted molar refractivity (Wildman–Crippen MR) is 77.6 cm³/mol.